The van der Waals surface area contributed by atoms with Crippen LogP contribution in [-0.4, -0.2) is 36.0 Å². The second-order valence-corrected chi connectivity index (χ2v) is 19.4. The zero-order chi connectivity index (χ0) is 53.1. The van der Waals surface area contributed by atoms with Crippen molar-refractivity contribution in [2.24, 2.45) is 0 Å². The van der Waals surface area contributed by atoms with Gasteiger partial charge in [-0.2, -0.15) is 10.5 Å². The monoisotopic (exact) mass is 1000 g/mol. The van der Waals surface area contributed by atoms with E-state index in [-0.39, 0.29) is 36.2 Å². The van der Waals surface area contributed by atoms with Crippen molar-refractivity contribution in [3.63, 3.8) is 0 Å². The number of nitrogens with one attached hydrogen (secondary N) is 2. The fourth-order valence-corrected chi connectivity index (χ4v) is 11.1. The van der Waals surface area contributed by atoms with Gasteiger partial charge in [0.05, 0.1) is 37.5 Å². The van der Waals surface area contributed by atoms with Crippen molar-refractivity contribution in [3.8, 4) is 45.9 Å². The van der Waals surface area contributed by atoms with Crippen LogP contribution in [0, 0.1) is 50.4 Å². The van der Waals surface area contributed by atoms with E-state index in [0.29, 0.717) is 58.5 Å². The average Bonchev–Trinajstić information content (AvgIpc) is 4.22. The molecule has 14 nitrogen and oxygen atoms in total. The molecule has 0 saturated carbocycles. The van der Waals surface area contributed by atoms with E-state index < -0.39 is 0 Å². The third kappa shape index (κ3) is 8.59. The molecule has 2 amide bonds. The predicted octanol–water partition coefficient (Wildman–Crippen LogP) is 10.6. The van der Waals surface area contributed by atoms with Crippen LogP contribution >= 0.6 is 0 Å². The summed E-state index contributed by atoms with van der Waals surface area (Å²) in [4.78, 5) is 34.7. The van der Waals surface area contributed by atoms with Gasteiger partial charge in [-0.15, -0.1) is 0 Å². The van der Waals surface area contributed by atoms with Crippen molar-refractivity contribution in [2.75, 3.05) is 25.7 Å². The van der Waals surface area contributed by atoms with Crippen molar-refractivity contribution in [1.29, 1.82) is 10.5 Å². The molecule has 6 heterocycles. The van der Waals surface area contributed by atoms with E-state index in [1.165, 1.54) is 0 Å². The Labute approximate surface area is 439 Å². The van der Waals surface area contributed by atoms with Gasteiger partial charge in [-0.05, 0) is 202 Å². The van der Waals surface area contributed by atoms with E-state index in [4.69, 9.17) is 30.4 Å². The van der Waals surface area contributed by atoms with Crippen LogP contribution in [0.4, 0.5) is 11.6 Å². The molecule has 0 aliphatic carbocycles. The normalized spacial score (nSPS) is 16.5. The average molecular weight is 1010 g/mol. The molecule has 0 fully saturated rings. The number of aromatic nitrogens is 2. The Morgan fingerprint density at radius 3 is 1.26 bits per heavy atom. The van der Waals surface area contributed by atoms with Gasteiger partial charge in [0, 0.05) is 35.6 Å². The Morgan fingerprint density at radius 1 is 0.513 bits per heavy atom. The Balaban J connectivity index is 0.000000162. The number of amides is 2. The highest BCUT2D eigenvalue weighted by atomic mass is 16.5. The summed E-state index contributed by atoms with van der Waals surface area (Å²) in [5, 5.41) is 25.4. The number of ether oxygens (including phenoxy) is 4. The molecule has 4 unspecified atom stereocenters. The lowest BCUT2D eigenvalue weighted by molar-refractivity contribution is 0.0856. The predicted molar refractivity (Wildman–Crippen MR) is 287 cm³/mol. The number of aryl methyl sites for hydroxylation is 4. The first kappa shape index (κ1) is 48.9. The van der Waals surface area contributed by atoms with Crippen LogP contribution in [0.15, 0.2) is 121 Å². The van der Waals surface area contributed by atoms with Crippen LogP contribution in [0.3, 0.4) is 0 Å². The number of carbonyl (C=O) groups excluding carboxylic acids is 2. The number of nitrogen functional groups attached to an aromatic ring is 2. The number of anilines is 2. The number of nitriles is 2. The maximum atomic E-state index is 13.1. The molecule has 2 aromatic heterocycles. The maximum absolute atomic E-state index is 13.1. The highest BCUT2D eigenvalue weighted by molar-refractivity contribution is 5.95. The number of carbonyl (C=O) groups is 2. The van der Waals surface area contributed by atoms with Gasteiger partial charge in [-0.25, -0.2) is 9.97 Å². The van der Waals surface area contributed by atoms with Crippen LogP contribution in [-0.2, 0) is 22.6 Å². The van der Waals surface area contributed by atoms with Crippen LogP contribution in [0.25, 0.3) is 22.3 Å². The number of hydrogen-bond acceptors (Lipinski definition) is 12. The number of nitrogens with zero attached hydrogens (tertiary/aromatic N) is 4. The zero-order valence-corrected chi connectivity index (χ0v) is 42.7. The van der Waals surface area contributed by atoms with E-state index in [1.54, 1.807) is 26.4 Å². The Bertz CT molecular complexity index is 3790. The third-order valence-electron chi connectivity index (χ3n) is 15.0. The molecule has 8 aromatic rings. The van der Waals surface area contributed by atoms with Crippen molar-refractivity contribution in [3.05, 3.63) is 222 Å². The van der Waals surface area contributed by atoms with Gasteiger partial charge in [0.1, 0.15) is 47.6 Å². The van der Waals surface area contributed by atoms with Crippen molar-refractivity contribution >= 4 is 23.5 Å². The topological polar surface area (TPSA) is 221 Å². The molecule has 4 atom stereocenters. The van der Waals surface area contributed by atoms with Crippen molar-refractivity contribution < 1.29 is 28.5 Å². The molecule has 6 N–H and O–H groups in total. The second kappa shape index (κ2) is 19.5. The number of hydrogen-bond donors (Lipinski definition) is 4. The molecule has 12 rings (SSSR count). The number of nitrogens with two attached hydrogens (primary N) is 2. The lowest BCUT2D eigenvalue weighted by atomic mass is 9.83. The highest BCUT2D eigenvalue weighted by Crippen LogP contribution is 2.56. The van der Waals surface area contributed by atoms with Gasteiger partial charge in [-0.3, -0.25) is 9.59 Å². The first-order valence-electron chi connectivity index (χ1n) is 24.8. The van der Waals surface area contributed by atoms with E-state index in [9.17, 15) is 20.1 Å². The standard InChI is InChI=1S/2C31H26N4O3/c1-16-10-28(33)35-17(2)27(16)15-34-31(36)19-5-8-24-26(13-19)30-23-7-4-18(12-25(23)29(24)38-30)22-9-6-21(37-3)11-20(22)14-32;1-16-10-28(33)35-17(2)27(16)15-34-31(36)19-5-8-24-26(13-19)30-25-12-18(4-7-23(25)29(24)38-30)22-9-6-21(37-3)11-20(22)14-32/h2*4-13,29-30H,15H2,1-3H3,(H2,33,35)(H,34,36). The molecule has 4 aliphatic heterocycles. The third-order valence-corrected chi connectivity index (χ3v) is 15.0. The number of methoxy groups -OCH3 is 2. The van der Waals surface area contributed by atoms with E-state index in [1.807, 2.05) is 113 Å². The SMILES string of the molecule is COc1ccc(-c2ccc3c(c2)C2OC3c3cc(C(=O)NCc4c(C)cc(N)nc4C)ccc32)c(C#N)c1.COc1ccc(-c2ccc3c(c2)C2OC3c3ccc(C(=O)NCc4c(C)cc(N)nc4C)cc32)c(C#N)c1. The largest absolute Gasteiger partial charge is 0.497 e. The Kier molecular flexibility index (Phi) is 12.5. The van der Waals surface area contributed by atoms with Gasteiger partial charge in [0.15, 0.2) is 0 Å². The quantitative estimate of drug-likeness (QED) is 0.101. The molecule has 4 bridgehead atoms. The lowest BCUT2D eigenvalue weighted by Gasteiger charge is -2.18. The Morgan fingerprint density at radius 2 is 0.882 bits per heavy atom. The molecular weight excluding hydrogens is 953 g/mol. The molecular formula is C62H52N8O6. The molecule has 0 radical (unpaired) electrons. The molecule has 14 heteroatoms. The smallest absolute Gasteiger partial charge is 0.251 e. The van der Waals surface area contributed by atoms with Gasteiger partial charge in [0.2, 0.25) is 0 Å². The summed E-state index contributed by atoms with van der Waals surface area (Å²) < 4.78 is 23.3. The van der Waals surface area contributed by atoms with Gasteiger partial charge in [-0.1, -0.05) is 36.4 Å². The molecule has 376 valence electrons. The molecule has 0 spiro atoms. The summed E-state index contributed by atoms with van der Waals surface area (Å²) in [6, 6.07) is 43.1. The fourth-order valence-electron chi connectivity index (χ4n) is 11.1. The Hall–Kier alpha value is -9.34. The number of fused-ring (bicyclic) bond motifs is 16. The van der Waals surface area contributed by atoms with Crippen LogP contribution in [0.2, 0.25) is 0 Å². The summed E-state index contributed by atoms with van der Waals surface area (Å²) in [5.74, 6) is 1.95. The maximum Gasteiger partial charge on any atom is 0.251 e. The molecule has 76 heavy (non-hydrogen) atoms. The van der Waals surface area contributed by atoms with E-state index >= 15 is 0 Å². The lowest BCUT2D eigenvalue weighted by Crippen LogP contribution is -2.24. The number of benzene rings is 6. The first-order chi connectivity index (χ1) is 36.7. The zero-order valence-electron chi connectivity index (χ0n) is 42.7. The van der Waals surface area contributed by atoms with Gasteiger partial charge >= 0.3 is 0 Å². The van der Waals surface area contributed by atoms with Gasteiger partial charge < -0.3 is 41.0 Å². The number of pyridine rings is 2. The van der Waals surface area contributed by atoms with E-state index in [2.05, 4.69) is 57.0 Å². The molecule has 6 aromatic carbocycles. The van der Waals surface area contributed by atoms with E-state index in [0.717, 1.165) is 100 Å². The van der Waals surface area contributed by atoms with Crippen LogP contribution in [0.5, 0.6) is 11.5 Å². The van der Waals surface area contributed by atoms with Crippen molar-refractivity contribution in [2.45, 2.75) is 65.2 Å². The van der Waals surface area contributed by atoms with Gasteiger partial charge in [0.25, 0.3) is 11.8 Å². The van der Waals surface area contributed by atoms with Crippen LogP contribution < -0.4 is 31.6 Å². The van der Waals surface area contributed by atoms with Crippen molar-refractivity contribution in [1.82, 2.24) is 20.6 Å². The summed E-state index contributed by atoms with van der Waals surface area (Å²) in [6.45, 7) is 8.48. The minimum atomic E-state index is -0.257. The molecule has 0 saturated heterocycles. The van der Waals surface area contributed by atoms with Crippen LogP contribution in [0.1, 0.15) is 134 Å². The molecule has 4 aliphatic rings. The summed E-state index contributed by atoms with van der Waals surface area (Å²) in [5.41, 5.74) is 31.7. The number of rotatable bonds is 10. The minimum absolute atomic E-state index is 0.148. The summed E-state index contributed by atoms with van der Waals surface area (Å²) >= 11 is 0. The second-order valence-electron chi connectivity index (χ2n) is 19.4. The highest BCUT2D eigenvalue weighted by Gasteiger charge is 2.44. The summed E-state index contributed by atoms with van der Waals surface area (Å²) in [6.07, 6.45) is -0.832. The fraction of sp³-hybridized carbons (Fsp3) is 0.194. The first-order valence-corrected chi connectivity index (χ1v) is 24.8. The summed E-state index contributed by atoms with van der Waals surface area (Å²) in [7, 11) is 3.17. The minimum Gasteiger partial charge on any atom is -0.497 e.